The lowest BCUT2D eigenvalue weighted by molar-refractivity contribution is -0.137. The Balaban J connectivity index is 1.31. The molecule has 2 aliphatic rings. The summed E-state index contributed by atoms with van der Waals surface area (Å²) >= 11 is 5.98. The highest BCUT2D eigenvalue weighted by molar-refractivity contribution is 6.30. The van der Waals surface area contributed by atoms with Gasteiger partial charge in [-0.3, -0.25) is 0 Å². The number of pyridine rings is 1. The van der Waals surface area contributed by atoms with Crippen LogP contribution in [0.5, 0.6) is 0 Å². The minimum atomic E-state index is -4.39. The van der Waals surface area contributed by atoms with Crippen LogP contribution < -0.4 is 10.2 Å². The highest BCUT2D eigenvalue weighted by Gasteiger charge is 2.33. The Morgan fingerprint density at radius 2 is 1.74 bits per heavy atom. The van der Waals surface area contributed by atoms with E-state index in [0.717, 1.165) is 30.7 Å². The average molecular weight is 453 g/mol. The maximum atomic E-state index is 12.9. The van der Waals surface area contributed by atoms with Crippen LogP contribution in [0.25, 0.3) is 0 Å². The van der Waals surface area contributed by atoms with Crippen molar-refractivity contribution in [2.24, 2.45) is 0 Å². The highest BCUT2D eigenvalue weighted by Crippen LogP contribution is 2.33. The Morgan fingerprint density at radius 3 is 2.35 bits per heavy atom. The van der Waals surface area contributed by atoms with E-state index in [2.05, 4.69) is 10.3 Å². The zero-order valence-electron chi connectivity index (χ0n) is 16.9. The number of amides is 2. The summed E-state index contributed by atoms with van der Waals surface area (Å²) in [4.78, 5) is 20.7. The molecule has 1 unspecified atom stereocenters. The fourth-order valence-electron chi connectivity index (χ4n) is 4.29. The maximum Gasteiger partial charge on any atom is 0.417 e. The molecule has 31 heavy (non-hydrogen) atoms. The number of urea groups is 1. The van der Waals surface area contributed by atoms with Gasteiger partial charge < -0.3 is 15.1 Å². The maximum absolute atomic E-state index is 12.9. The molecule has 1 N–H and O–H groups in total. The molecule has 9 heteroatoms. The molecule has 0 saturated carbocycles. The third-order valence-electron chi connectivity index (χ3n) is 5.99. The fraction of sp³-hybridized carbons (Fsp3) is 0.455. The minimum absolute atomic E-state index is 0.0321. The smallest absolute Gasteiger partial charge is 0.356 e. The van der Waals surface area contributed by atoms with Gasteiger partial charge in [0.2, 0.25) is 0 Å². The van der Waals surface area contributed by atoms with Crippen LogP contribution in [-0.2, 0) is 6.18 Å². The van der Waals surface area contributed by atoms with Gasteiger partial charge >= 0.3 is 12.2 Å². The molecule has 5 nitrogen and oxygen atoms in total. The van der Waals surface area contributed by atoms with Crippen LogP contribution in [0, 0.1) is 0 Å². The van der Waals surface area contributed by atoms with E-state index >= 15 is 0 Å². The van der Waals surface area contributed by atoms with E-state index in [0.29, 0.717) is 43.3 Å². The SMILES string of the molecule is O=C(NC1CCN(c2ccc(C(F)(F)F)cn2)CC1)N1CCCC1c1ccc(Cl)cc1. The molecule has 3 heterocycles. The molecule has 1 aromatic carbocycles. The first kappa shape index (κ1) is 21.7. The Bertz CT molecular complexity index is 896. The summed E-state index contributed by atoms with van der Waals surface area (Å²) in [7, 11) is 0. The van der Waals surface area contributed by atoms with Gasteiger partial charge in [-0.1, -0.05) is 23.7 Å². The zero-order valence-corrected chi connectivity index (χ0v) is 17.7. The monoisotopic (exact) mass is 452 g/mol. The zero-order chi connectivity index (χ0) is 22.0. The van der Waals surface area contributed by atoms with E-state index in [1.54, 1.807) is 0 Å². The number of piperidine rings is 1. The van der Waals surface area contributed by atoms with Crippen molar-refractivity contribution < 1.29 is 18.0 Å². The summed E-state index contributed by atoms with van der Waals surface area (Å²) < 4.78 is 38.1. The van der Waals surface area contributed by atoms with Crippen molar-refractivity contribution in [1.29, 1.82) is 0 Å². The van der Waals surface area contributed by atoms with Gasteiger partial charge in [-0.15, -0.1) is 0 Å². The minimum Gasteiger partial charge on any atom is -0.356 e. The molecular weight excluding hydrogens is 429 g/mol. The summed E-state index contributed by atoms with van der Waals surface area (Å²) in [5.74, 6) is 0.528. The van der Waals surface area contributed by atoms with Gasteiger partial charge in [-0.05, 0) is 55.5 Å². The van der Waals surface area contributed by atoms with Gasteiger partial charge in [0.1, 0.15) is 5.82 Å². The van der Waals surface area contributed by atoms with E-state index in [4.69, 9.17) is 11.6 Å². The van der Waals surface area contributed by atoms with Crippen LogP contribution in [0.3, 0.4) is 0 Å². The third kappa shape index (κ3) is 5.06. The van der Waals surface area contributed by atoms with Gasteiger partial charge in [-0.2, -0.15) is 13.2 Å². The number of halogens is 4. The normalized spacial score (nSPS) is 20.2. The second-order valence-corrected chi connectivity index (χ2v) is 8.45. The number of hydrogen-bond donors (Lipinski definition) is 1. The lowest BCUT2D eigenvalue weighted by Crippen LogP contribution is -2.49. The summed E-state index contributed by atoms with van der Waals surface area (Å²) in [6, 6.07) is 10.1. The molecule has 2 fully saturated rings. The number of carbonyl (C=O) groups is 1. The van der Waals surface area contributed by atoms with Crippen LogP contribution >= 0.6 is 11.6 Å². The molecule has 2 aromatic rings. The quantitative estimate of drug-likeness (QED) is 0.690. The molecular formula is C22H24ClF3N4O. The summed E-state index contributed by atoms with van der Waals surface area (Å²) in [6.07, 6.45) is -0.205. The van der Waals surface area contributed by atoms with Gasteiger partial charge in [0, 0.05) is 36.9 Å². The van der Waals surface area contributed by atoms with Crippen LogP contribution in [-0.4, -0.2) is 41.6 Å². The number of aromatic nitrogens is 1. The first-order valence-electron chi connectivity index (χ1n) is 10.4. The number of likely N-dealkylation sites (tertiary alicyclic amines) is 1. The molecule has 4 rings (SSSR count). The predicted octanol–water partition coefficient (Wildman–Crippen LogP) is 5.27. The summed E-state index contributed by atoms with van der Waals surface area (Å²) in [5, 5.41) is 3.81. The van der Waals surface area contributed by atoms with Crippen LogP contribution in [0.15, 0.2) is 42.6 Å². The Labute approximate surface area is 184 Å². The molecule has 1 aromatic heterocycles. The topological polar surface area (TPSA) is 48.5 Å². The number of benzene rings is 1. The van der Waals surface area contributed by atoms with Crippen molar-refractivity contribution in [2.75, 3.05) is 24.5 Å². The molecule has 2 amide bonds. The number of nitrogens with one attached hydrogen (secondary N) is 1. The average Bonchev–Trinajstić information content (AvgIpc) is 3.24. The Kier molecular flexibility index (Phi) is 6.27. The number of rotatable bonds is 3. The van der Waals surface area contributed by atoms with E-state index in [1.807, 2.05) is 34.1 Å². The van der Waals surface area contributed by atoms with Crippen LogP contribution in [0.4, 0.5) is 23.8 Å². The highest BCUT2D eigenvalue weighted by atomic mass is 35.5. The second kappa shape index (κ2) is 8.94. The molecule has 2 aliphatic heterocycles. The largest absolute Gasteiger partial charge is 0.417 e. The molecule has 0 radical (unpaired) electrons. The molecule has 1 atom stereocenters. The molecule has 0 spiro atoms. The molecule has 0 aliphatic carbocycles. The number of nitrogens with zero attached hydrogens (tertiary/aromatic N) is 3. The molecule has 166 valence electrons. The number of hydrogen-bond acceptors (Lipinski definition) is 3. The first-order chi connectivity index (χ1) is 14.8. The number of anilines is 1. The molecule has 2 saturated heterocycles. The van der Waals surface area contributed by atoms with Gasteiger partial charge in [0.25, 0.3) is 0 Å². The fourth-order valence-corrected chi connectivity index (χ4v) is 4.42. The van der Waals surface area contributed by atoms with Crippen molar-refractivity contribution in [3.8, 4) is 0 Å². The molecule has 0 bridgehead atoms. The Hall–Kier alpha value is -2.48. The second-order valence-electron chi connectivity index (χ2n) is 8.02. The predicted molar refractivity (Wildman–Crippen MR) is 113 cm³/mol. The lowest BCUT2D eigenvalue weighted by Gasteiger charge is -2.35. The number of carbonyl (C=O) groups excluding carboxylic acids is 1. The van der Waals surface area contributed by atoms with E-state index in [1.165, 1.54) is 6.07 Å². The van der Waals surface area contributed by atoms with E-state index < -0.39 is 11.7 Å². The standard InChI is InChI=1S/C22H24ClF3N4O/c23-17-6-3-15(4-7-17)19-2-1-11-30(19)21(31)28-18-9-12-29(13-10-18)20-8-5-16(14-27-20)22(24,25)26/h3-8,14,18-19H,1-2,9-13H2,(H,28,31). The first-order valence-corrected chi connectivity index (χ1v) is 10.8. The van der Waals surface area contributed by atoms with Gasteiger partial charge in [-0.25, -0.2) is 9.78 Å². The van der Waals surface area contributed by atoms with E-state index in [-0.39, 0.29) is 18.1 Å². The number of alkyl halides is 3. The van der Waals surface area contributed by atoms with Crippen LogP contribution in [0.1, 0.15) is 42.9 Å². The third-order valence-corrected chi connectivity index (χ3v) is 6.24. The lowest BCUT2D eigenvalue weighted by atomic mass is 10.0. The van der Waals surface area contributed by atoms with E-state index in [9.17, 15) is 18.0 Å². The van der Waals surface area contributed by atoms with Crippen molar-refractivity contribution in [1.82, 2.24) is 15.2 Å². The van der Waals surface area contributed by atoms with Crippen molar-refractivity contribution in [3.63, 3.8) is 0 Å². The van der Waals surface area contributed by atoms with Gasteiger partial charge in [0.15, 0.2) is 0 Å². The van der Waals surface area contributed by atoms with Crippen LogP contribution in [0.2, 0.25) is 5.02 Å². The van der Waals surface area contributed by atoms with Crippen molar-refractivity contribution in [3.05, 3.63) is 58.7 Å². The van der Waals surface area contributed by atoms with Crippen molar-refractivity contribution in [2.45, 2.75) is 43.9 Å². The Morgan fingerprint density at radius 1 is 1.03 bits per heavy atom. The summed E-state index contributed by atoms with van der Waals surface area (Å²) in [5.41, 5.74) is 0.333. The van der Waals surface area contributed by atoms with Crippen molar-refractivity contribution >= 4 is 23.4 Å². The van der Waals surface area contributed by atoms with Gasteiger partial charge in [0.05, 0.1) is 11.6 Å². The summed E-state index contributed by atoms with van der Waals surface area (Å²) in [6.45, 7) is 1.97.